The topological polar surface area (TPSA) is 98.3 Å². The highest BCUT2D eigenvalue weighted by atomic mass is 32.1. The lowest BCUT2D eigenvalue weighted by atomic mass is 10.2. The number of hydrogen-bond donors (Lipinski definition) is 1. The first-order valence-electron chi connectivity index (χ1n) is 5.74. The molecule has 7 nitrogen and oxygen atoms in total. The summed E-state index contributed by atoms with van der Waals surface area (Å²) in [6.45, 7) is 0.771. The smallest absolute Gasteiger partial charge is 0.308 e. The molecule has 0 saturated heterocycles. The molecule has 8 heteroatoms. The first-order valence-corrected chi connectivity index (χ1v) is 6.55. The first-order chi connectivity index (χ1) is 9.58. The number of nitro benzene ring substituents is 1. The third kappa shape index (κ3) is 3.37. The molecule has 104 valence electrons. The average Bonchev–Trinajstić information content (AvgIpc) is 2.88. The maximum atomic E-state index is 10.8. The van der Waals surface area contributed by atoms with Gasteiger partial charge in [0.05, 0.1) is 9.85 Å². The highest BCUT2D eigenvalue weighted by molar-refractivity contribution is 7.15. The number of rotatable bonds is 6. The molecule has 1 aromatic carbocycles. The van der Waals surface area contributed by atoms with Crippen LogP contribution < -0.4 is 5.32 Å². The van der Waals surface area contributed by atoms with Gasteiger partial charge in [-0.25, -0.2) is 0 Å². The minimum absolute atomic E-state index is 0.0668. The molecule has 0 radical (unpaired) electrons. The number of nitro groups is 2. The molecule has 1 aromatic heterocycles. The van der Waals surface area contributed by atoms with Crippen molar-refractivity contribution in [2.75, 3.05) is 0 Å². The minimum atomic E-state index is -0.434. The van der Waals surface area contributed by atoms with Crippen LogP contribution in [0.25, 0.3) is 0 Å². The van der Waals surface area contributed by atoms with Crippen LogP contribution in [0.5, 0.6) is 0 Å². The normalized spacial score (nSPS) is 10.4. The molecule has 0 aliphatic rings. The lowest BCUT2D eigenvalue weighted by Gasteiger charge is -2.04. The van der Waals surface area contributed by atoms with Crippen molar-refractivity contribution in [2.45, 2.75) is 13.1 Å². The zero-order valence-electron chi connectivity index (χ0n) is 10.3. The molecule has 0 saturated carbocycles. The molecule has 0 fully saturated rings. The molecule has 2 rings (SSSR count). The largest absolute Gasteiger partial charge is 0.324 e. The summed E-state index contributed by atoms with van der Waals surface area (Å²) in [5.74, 6) is 0. The van der Waals surface area contributed by atoms with Gasteiger partial charge in [0.2, 0.25) is 0 Å². The Labute approximate surface area is 118 Å². The molecule has 0 bridgehead atoms. The molecule has 0 aliphatic heterocycles. The molecule has 0 spiro atoms. The van der Waals surface area contributed by atoms with Gasteiger partial charge in [0.15, 0.2) is 0 Å². The minimum Gasteiger partial charge on any atom is -0.308 e. The molecular formula is C12H11N3O4S. The molecular weight excluding hydrogens is 282 g/mol. The molecule has 0 aliphatic carbocycles. The van der Waals surface area contributed by atoms with Gasteiger partial charge in [-0.15, -0.1) is 0 Å². The van der Waals surface area contributed by atoms with E-state index in [0.717, 1.165) is 16.2 Å². The molecule has 1 N–H and O–H groups in total. The lowest BCUT2D eigenvalue weighted by Crippen LogP contribution is -2.12. The summed E-state index contributed by atoms with van der Waals surface area (Å²) in [6, 6.07) is 9.61. The summed E-state index contributed by atoms with van der Waals surface area (Å²) < 4.78 is 0. The van der Waals surface area contributed by atoms with Gasteiger partial charge < -0.3 is 5.32 Å². The van der Waals surface area contributed by atoms with E-state index in [2.05, 4.69) is 5.32 Å². The molecule has 1 heterocycles. The molecule has 20 heavy (non-hydrogen) atoms. The van der Waals surface area contributed by atoms with Crippen LogP contribution in [0.3, 0.4) is 0 Å². The monoisotopic (exact) mass is 293 g/mol. The zero-order chi connectivity index (χ0) is 14.5. The number of nitrogens with one attached hydrogen (secondary N) is 1. The number of hydrogen-bond acceptors (Lipinski definition) is 6. The summed E-state index contributed by atoms with van der Waals surface area (Å²) >= 11 is 1.09. The standard InChI is InChI=1S/C12H11N3O4S/c16-14(17)11-4-2-1-3-9(11)7-13-8-10-5-6-12(20-10)15(18)19/h1-6,13H,7-8H2. The number of thiophene rings is 1. The van der Waals surface area contributed by atoms with Crippen LogP contribution in [0.4, 0.5) is 10.7 Å². The Morgan fingerprint density at radius 2 is 1.75 bits per heavy atom. The van der Waals surface area contributed by atoms with Crippen LogP contribution in [0.15, 0.2) is 36.4 Å². The fourth-order valence-electron chi connectivity index (χ4n) is 1.72. The average molecular weight is 293 g/mol. The van der Waals surface area contributed by atoms with Gasteiger partial charge in [0, 0.05) is 35.7 Å². The Hall–Kier alpha value is -2.32. The third-order valence-corrected chi connectivity index (χ3v) is 3.67. The van der Waals surface area contributed by atoms with Crippen LogP contribution in [-0.2, 0) is 13.1 Å². The van der Waals surface area contributed by atoms with Gasteiger partial charge >= 0.3 is 5.00 Å². The Morgan fingerprint density at radius 1 is 1.00 bits per heavy atom. The highest BCUT2D eigenvalue weighted by Gasteiger charge is 2.12. The fourth-order valence-corrected chi connectivity index (χ4v) is 2.51. The maximum Gasteiger partial charge on any atom is 0.324 e. The van der Waals surface area contributed by atoms with Crippen molar-refractivity contribution >= 4 is 22.0 Å². The van der Waals surface area contributed by atoms with Crippen molar-refractivity contribution in [3.05, 3.63) is 67.1 Å². The molecule has 0 unspecified atom stereocenters. The van der Waals surface area contributed by atoms with Crippen molar-refractivity contribution in [3.63, 3.8) is 0 Å². The highest BCUT2D eigenvalue weighted by Crippen LogP contribution is 2.24. The van der Waals surface area contributed by atoms with Gasteiger partial charge in [-0.1, -0.05) is 29.5 Å². The van der Waals surface area contributed by atoms with Crippen molar-refractivity contribution in [1.82, 2.24) is 5.32 Å². The van der Waals surface area contributed by atoms with Gasteiger partial charge in [0.1, 0.15) is 0 Å². The summed E-state index contributed by atoms with van der Waals surface area (Å²) in [4.78, 5) is 21.3. The summed E-state index contributed by atoms with van der Waals surface area (Å²) in [5, 5.41) is 24.5. The molecule has 0 amide bonds. The van der Waals surface area contributed by atoms with E-state index >= 15 is 0 Å². The second-order valence-corrected chi connectivity index (χ2v) is 5.13. The van der Waals surface area contributed by atoms with Crippen LogP contribution in [0.2, 0.25) is 0 Å². The SMILES string of the molecule is O=[N+]([O-])c1ccc(CNCc2ccccc2[N+](=O)[O-])s1. The lowest BCUT2D eigenvalue weighted by molar-refractivity contribution is -0.385. The first kappa shape index (κ1) is 14.1. The van der Waals surface area contributed by atoms with E-state index in [-0.39, 0.29) is 10.7 Å². The summed E-state index contributed by atoms with van der Waals surface area (Å²) in [5.41, 5.74) is 0.653. The van der Waals surface area contributed by atoms with Crippen LogP contribution in [0.1, 0.15) is 10.4 Å². The summed E-state index contributed by atoms with van der Waals surface area (Å²) in [6.07, 6.45) is 0. The van der Waals surface area contributed by atoms with E-state index in [1.165, 1.54) is 12.1 Å². The van der Waals surface area contributed by atoms with E-state index in [0.29, 0.717) is 18.7 Å². The van der Waals surface area contributed by atoms with E-state index in [1.807, 2.05) is 0 Å². The van der Waals surface area contributed by atoms with Crippen LogP contribution in [-0.4, -0.2) is 9.85 Å². The van der Waals surface area contributed by atoms with Crippen LogP contribution in [0, 0.1) is 20.2 Å². The van der Waals surface area contributed by atoms with Crippen LogP contribution >= 0.6 is 11.3 Å². The second-order valence-electron chi connectivity index (χ2n) is 3.99. The zero-order valence-corrected chi connectivity index (χ0v) is 11.1. The predicted molar refractivity (Wildman–Crippen MR) is 74.6 cm³/mol. The van der Waals surface area contributed by atoms with E-state index < -0.39 is 9.85 Å². The van der Waals surface area contributed by atoms with Gasteiger partial charge in [-0.3, -0.25) is 20.2 Å². The van der Waals surface area contributed by atoms with Crippen molar-refractivity contribution in [3.8, 4) is 0 Å². The van der Waals surface area contributed by atoms with Crippen molar-refractivity contribution in [2.24, 2.45) is 0 Å². The third-order valence-electron chi connectivity index (χ3n) is 2.63. The Morgan fingerprint density at radius 3 is 2.40 bits per heavy atom. The van der Waals surface area contributed by atoms with Crippen molar-refractivity contribution in [1.29, 1.82) is 0 Å². The van der Waals surface area contributed by atoms with Gasteiger partial charge in [0.25, 0.3) is 5.69 Å². The predicted octanol–water partition coefficient (Wildman–Crippen LogP) is 2.85. The quantitative estimate of drug-likeness (QED) is 0.652. The van der Waals surface area contributed by atoms with Gasteiger partial charge in [-0.05, 0) is 6.07 Å². The Kier molecular flexibility index (Phi) is 4.38. The van der Waals surface area contributed by atoms with E-state index in [1.54, 1.807) is 24.3 Å². The number of benzene rings is 1. The van der Waals surface area contributed by atoms with Crippen molar-refractivity contribution < 1.29 is 9.85 Å². The number of nitrogens with zero attached hydrogens (tertiary/aromatic N) is 2. The fraction of sp³-hybridized carbons (Fsp3) is 0.167. The Balaban J connectivity index is 1.96. The van der Waals surface area contributed by atoms with Gasteiger partial charge in [-0.2, -0.15) is 0 Å². The Bertz CT molecular complexity index is 641. The second kappa shape index (κ2) is 6.22. The van der Waals surface area contributed by atoms with E-state index in [4.69, 9.17) is 0 Å². The summed E-state index contributed by atoms with van der Waals surface area (Å²) in [7, 11) is 0. The van der Waals surface area contributed by atoms with E-state index in [9.17, 15) is 20.2 Å². The molecule has 2 aromatic rings. The number of para-hydroxylation sites is 1. The maximum absolute atomic E-state index is 10.8. The molecule has 0 atom stereocenters.